The Kier molecular flexibility index (Phi) is 7.84. The lowest BCUT2D eigenvalue weighted by molar-refractivity contribution is 0.0662. The predicted molar refractivity (Wildman–Crippen MR) is 126 cm³/mol. The number of halogens is 3. The number of thiazole rings is 1. The molecule has 0 unspecified atom stereocenters. The smallest absolute Gasteiger partial charge is 0.274 e. The first-order valence-corrected chi connectivity index (χ1v) is 12.9. The largest absolute Gasteiger partial charge is 0.409 e. The van der Waals surface area contributed by atoms with E-state index in [0.29, 0.717) is 0 Å². The molecule has 0 radical (unpaired) electrons. The number of nitrogens with two attached hydrogens (primary N) is 1. The van der Waals surface area contributed by atoms with E-state index in [2.05, 4.69) is 14.9 Å². The van der Waals surface area contributed by atoms with Gasteiger partial charge in [0.05, 0.1) is 14.9 Å². The molecule has 1 aliphatic rings. The second kappa shape index (κ2) is 10.1. The van der Waals surface area contributed by atoms with Crippen molar-refractivity contribution < 1.29 is 22.8 Å². The van der Waals surface area contributed by atoms with Crippen LogP contribution in [-0.2, 0) is 10.0 Å². The summed E-state index contributed by atoms with van der Waals surface area (Å²) in [6.07, 6.45) is -0.556. The Balaban J connectivity index is 2.11. The Morgan fingerprint density at radius 2 is 1.97 bits per heavy atom. The molecule has 1 fully saturated rings. The fourth-order valence-electron chi connectivity index (χ4n) is 3.29. The Labute approximate surface area is 204 Å². The molecule has 0 bridgehead atoms. The highest BCUT2D eigenvalue weighted by molar-refractivity contribution is 7.89. The molecule has 1 aromatic carbocycles. The molecule has 0 aliphatic carbocycles. The highest BCUT2D eigenvalue weighted by atomic mass is 35.5. The standard InChI is InChI=1S/C19H22Cl2FN5O4S2/c1-9(2)26-33(30,31)12-4-3-11(13(20)14(12)21)16-15(24-18(32-16)17(23)25-29)19(28)27-7-5-10(22)6-8-27/h3-4,9-10,26,29H,5-8H2,1-2H3,(H2,23,25). The Bertz CT molecular complexity index is 1200. The van der Waals surface area contributed by atoms with Gasteiger partial charge >= 0.3 is 0 Å². The summed E-state index contributed by atoms with van der Waals surface area (Å²) < 4.78 is 41.1. The maximum absolute atomic E-state index is 13.5. The molecule has 14 heteroatoms. The number of nitrogens with zero attached hydrogens (tertiary/aromatic N) is 3. The number of alkyl halides is 1. The number of aromatic nitrogens is 1. The van der Waals surface area contributed by atoms with E-state index in [4.69, 9.17) is 34.1 Å². The molecule has 1 aliphatic heterocycles. The van der Waals surface area contributed by atoms with Crippen LogP contribution < -0.4 is 10.5 Å². The average Bonchev–Trinajstić information content (AvgIpc) is 3.19. The topological polar surface area (TPSA) is 138 Å². The molecule has 2 heterocycles. The zero-order chi connectivity index (χ0) is 24.5. The van der Waals surface area contributed by atoms with E-state index in [1.54, 1.807) is 13.8 Å². The van der Waals surface area contributed by atoms with Gasteiger partial charge in [0.25, 0.3) is 5.91 Å². The Morgan fingerprint density at radius 3 is 2.55 bits per heavy atom. The van der Waals surface area contributed by atoms with Gasteiger partial charge in [-0.2, -0.15) is 0 Å². The van der Waals surface area contributed by atoms with E-state index >= 15 is 0 Å². The van der Waals surface area contributed by atoms with Gasteiger partial charge in [-0.25, -0.2) is 22.5 Å². The van der Waals surface area contributed by atoms with Crippen LogP contribution in [-0.4, -0.2) is 60.6 Å². The van der Waals surface area contributed by atoms with Gasteiger partial charge in [0.15, 0.2) is 10.8 Å². The molecule has 180 valence electrons. The highest BCUT2D eigenvalue weighted by Crippen LogP contribution is 2.41. The third-order valence-corrected chi connectivity index (χ3v) is 8.65. The molecular weight excluding hydrogens is 516 g/mol. The van der Waals surface area contributed by atoms with Crippen molar-refractivity contribution in [3.05, 3.63) is 32.9 Å². The summed E-state index contributed by atoms with van der Waals surface area (Å²) in [5, 5.41) is 11.7. The molecule has 0 atom stereocenters. The predicted octanol–water partition coefficient (Wildman–Crippen LogP) is 3.47. The molecule has 0 spiro atoms. The molecule has 1 amide bonds. The minimum Gasteiger partial charge on any atom is -0.409 e. The first-order chi connectivity index (χ1) is 15.5. The number of likely N-dealkylation sites (tertiary alicyclic amines) is 1. The van der Waals surface area contributed by atoms with Gasteiger partial charge in [0.1, 0.15) is 16.8 Å². The van der Waals surface area contributed by atoms with Crippen molar-refractivity contribution >= 4 is 56.3 Å². The minimum absolute atomic E-state index is 0.0345. The molecular formula is C19H22Cl2FN5O4S2. The van der Waals surface area contributed by atoms with Crippen LogP contribution in [0.5, 0.6) is 0 Å². The van der Waals surface area contributed by atoms with Crippen molar-refractivity contribution in [3.63, 3.8) is 0 Å². The van der Waals surface area contributed by atoms with Crippen LogP contribution in [0.1, 0.15) is 42.2 Å². The monoisotopic (exact) mass is 537 g/mol. The number of oxime groups is 1. The first kappa shape index (κ1) is 25.6. The summed E-state index contributed by atoms with van der Waals surface area (Å²) >= 11 is 13.7. The fraction of sp³-hybridized carbons (Fsp3) is 0.421. The van der Waals surface area contributed by atoms with Gasteiger partial charge in [-0.15, -0.1) is 11.3 Å². The van der Waals surface area contributed by atoms with Gasteiger partial charge in [0.2, 0.25) is 10.0 Å². The van der Waals surface area contributed by atoms with E-state index in [-0.39, 0.29) is 73.9 Å². The van der Waals surface area contributed by atoms with Crippen LogP contribution in [0.3, 0.4) is 0 Å². The maximum atomic E-state index is 13.5. The van der Waals surface area contributed by atoms with Crippen molar-refractivity contribution in [2.24, 2.45) is 10.9 Å². The molecule has 0 saturated carbocycles. The molecule has 2 aromatic rings. The van der Waals surface area contributed by atoms with Gasteiger partial charge in [0, 0.05) is 24.7 Å². The SMILES string of the molecule is CC(C)NS(=O)(=O)c1ccc(-c2sc(/C(N)=N\O)nc2C(=O)N2CCC(F)CC2)c(Cl)c1Cl. The summed E-state index contributed by atoms with van der Waals surface area (Å²) in [6, 6.07) is 2.32. The Hall–Kier alpha value is -1.99. The number of carbonyl (C=O) groups excluding carboxylic acids is 1. The van der Waals surface area contributed by atoms with Crippen molar-refractivity contribution in [2.45, 2.75) is 43.8 Å². The summed E-state index contributed by atoms with van der Waals surface area (Å²) in [4.78, 5) is 18.9. The number of hydrogen-bond donors (Lipinski definition) is 3. The minimum atomic E-state index is -3.93. The normalized spacial score (nSPS) is 15.9. The second-order valence-corrected chi connectivity index (χ2v) is 11.1. The molecule has 1 aromatic heterocycles. The van der Waals surface area contributed by atoms with Crippen LogP contribution in [0.2, 0.25) is 10.0 Å². The Morgan fingerprint density at radius 1 is 1.33 bits per heavy atom. The third kappa shape index (κ3) is 5.40. The van der Waals surface area contributed by atoms with Crippen molar-refractivity contribution in [2.75, 3.05) is 13.1 Å². The van der Waals surface area contributed by atoms with Crippen LogP contribution in [0.25, 0.3) is 10.4 Å². The average molecular weight is 538 g/mol. The third-order valence-electron chi connectivity index (χ3n) is 4.84. The number of sulfonamides is 1. The number of amides is 1. The van der Waals surface area contributed by atoms with Gasteiger partial charge in [-0.3, -0.25) is 4.79 Å². The number of hydrogen-bond acceptors (Lipinski definition) is 7. The lowest BCUT2D eigenvalue weighted by atomic mass is 10.1. The van der Waals surface area contributed by atoms with Crippen LogP contribution in [0.4, 0.5) is 4.39 Å². The number of benzene rings is 1. The maximum Gasteiger partial charge on any atom is 0.274 e. The molecule has 4 N–H and O–H groups in total. The van der Waals surface area contributed by atoms with E-state index < -0.39 is 22.1 Å². The number of amidine groups is 1. The molecule has 33 heavy (non-hydrogen) atoms. The van der Waals surface area contributed by atoms with E-state index in [0.717, 1.165) is 11.3 Å². The van der Waals surface area contributed by atoms with Gasteiger partial charge in [-0.05, 0) is 32.8 Å². The second-order valence-electron chi connectivity index (χ2n) is 7.66. The lowest BCUT2D eigenvalue weighted by Gasteiger charge is -2.28. The molecule has 1 saturated heterocycles. The summed E-state index contributed by atoms with van der Waals surface area (Å²) in [6.45, 7) is 3.75. The van der Waals surface area contributed by atoms with Gasteiger partial charge in [-0.1, -0.05) is 34.4 Å². The lowest BCUT2D eigenvalue weighted by Crippen LogP contribution is -2.39. The van der Waals surface area contributed by atoms with E-state index in [1.807, 2.05) is 0 Å². The molecule has 3 rings (SSSR count). The zero-order valence-electron chi connectivity index (χ0n) is 17.7. The number of rotatable bonds is 6. The van der Waals surface area contributed by atoms with Crippen LogP contribution in [0, 0.1) is 0 Å². The zero-order valence-corrected chi connectivity index (χ0v) is 20.8. The molecule has 9 nitrogen and oxygen atoms in total. The fourth-order valence-corrected chi connectivity index (χ4v) is 6.45. The van der Waals surface area contributed by atoms with Crippen molar-refractivity contribution in [1.29, 1.82) is 0 Å². The van der Waals surface area contributed by atoms with E-state index in [1.165, 1.54) is 17.0 Å². The van der Waals surface area contributed by atoms with Gasteiger partial charge < -0.3 is 15.8 Å². The van der Waals surface area contributed by atoms with Crippen molar-refractivity contribution in [1.82, 2.24) is 14.6 Å². The highest BCUT2D eigenvalue weighted by Gasteiger charge is 2.31. The van der Waals surface area contributed by atoms with Crippen LogP contribution >= 0.6 is 34.5 Å². The number of carbonyl (C=O) groups is 1. The summed E-state index contributed by atoms with van der Waals surface area (Å²) in [5.74, 6) is -0.791. The number of piperidine rings is 1. The first-order valence-electron chi connectivity index (χ1n) is 9.89. The number of nitrogens with one attached hydrogen (secondary N) is 1. The quantitative estimate of drug-likeness (QED) is 0.223. The van der Waals surface area contributed by atoms with Crippen LogP contribution in [0.15, 0.2) is 22.2 Å². The summed E-state index contributed by atoms with van der Waals surface area (Å²) in [5.41, 5.74) is 5.89. The van der Waals surface area contributed by atoms with E-state index in [9.17, 15) is 17.6 Å². The summed E-state index contributed by atoms with van der Waals surface area (Å²) in [7, 11) is -3.93. The van der Waals surface area contributed by atoms with Crippen molar-refractivity contribution in [3.8, 4) is 10.4 Å².